The van der Waals surface area contributed by atoms with Crippen LogP contribution in [0.15, 0.2) is 42.5 Å². The molecule has 2 aromatic rings. The molecule has 0 saturated heterocycles. The number of anilines is 1. The Morgan fingerprint density at radius 2 is 1.54 bits per heavy atom. The van der Waals surface area contributed by atoms with Gasteiger partial charge in [0.2, 0.25) is 0 Å². The fourth-order valence-corrected chi connectivity index (χ4v) is 2.61. The molecule has 0 fully saturated rings. The summed E-state index contributed by atoms with van der Waals surface area (Å²) >= 11 is 0. The zero-order valence-electron chi connectivity index (χ0n) is 16.2. The van der Waals surface area contributed by atoms with Crippen molar-refractivity contribution in [2.45, 2.75) is 32.7 Å². The van der Waals surface area contributed by atoms with E-state index in [0.717, 1.165) is 18.7 Å². The van der Waals surface area contributed by atoms with E-state index in [1.807, 2.05) is 24.3 Å². The van der Waals surface area contributed by atoms with Crippen LogP contribution in [0.4, 0.5) is 5.69 Å². The molecule has 0 spiro atoms. The van der Waals surface area contributed by atoms with Gasteiger partial charge in [-0.05, 0) is 63.6 Å². The monoisotopic (exact) mass is 356 g/mol. The van der Waals surface area contributed by atoms with Crippen LogP contribution in [0, 0.1) is 0 Å². The van der Waals surface area contributed by atoms with Crippen molar-refractivity contribution >= 4 is 11.6 Å². The zero-order valence-corrected chi connectivity index (χ0v) is 16.2. The predicted octanol–water partition coefficient (Wildman–Crippen LogP) is 3.89. The van der Waals surface area contributed by atoms with Crippen LogP contribution < -0.4 is 20.1 Å². The van der Waals surface area contributed by atoms with Gasteiger partial charge in [-0.15, -0.1) is 0 Å². The van der Waals surface area contributed by atoms with Gasteiger partial charge in [0.15, 0.2) is 0 Å². The van der Waals surface area contributed by atoms with Gasteiger partial charge in [-0.2, -0.15) is 0 Å². The first-order chi connectivity index (χ1) is 12.3. The summed E-state index contributed by atoms with van der Waals surface area (Å²) < 4.78 is 10.6. The van der Waals surface area contributed by atoms with Crippen LogP contribution in [0.1, 0.15) is 36.7 Å². The Hall–Kier alpha value is -2.53. The lowest BCUT2D eigenvalue weighted by Crippen LogP contribution is -2.37. The number of carbonyl (C=O) groups excluding carboxylic acids is 1. The Morgan fingerprint density at radius 3 is 2.04 bits per heavy atom. The van der Waals surface area contributed by atoms with E-state index < -0.39 is 0 Å². The second-order valence-electron chi connectivity index (χ2n) is 7.12. The molecule has 2 aromatic carbocycles. The van der Waals surface area contributed by atoms with Crippen LogP contribution >= 0.6 is 0 Å². The van der Waals surface area contributed by atoms with Crippen molar-refractivity contribution in [2.75, 3.05) is 26.1 Å². The number of hydrogen-bond acceptors (Lipinski definition) is 4. The second kappa shape index (κ2) is 8.72. The summed E-state index contributed by atoms with van der Waals surface area (Å²) in [6.45, 7) is 7.36. The Kier molecular flexibility index (Phi) is 6.64. The number of benzene rings is 2. The molecule has 0 aliphatic carbocycles. The van der Waals surface area contributed by atoms with Gasteiger partial charge in [-0.3, -0.25) is 4.79 Å². The van der Waals surface area contributed by atoms with E-state index in [0.29, 0.717) is 17.1 Å². The zero-order chi connectivity index (χ0) is 19.2. The molecule has 0 bridgehead atoms. The molecule has 1 amide bonds. The number of hydrogen-bond donors (Lipinski definition) is 2. The van der Waals surface area contributed by atoms with E-state index in [1.165, 1.54) is 19.8 Å². The minimum absolute atomic E-state index is 0.113. The molecule has 0 unspecified atom stereocenters. The number of amides is 1. The third-order valence-corrected chi connectivity index (χ3v) is 3.94. The Balaban J connectivity index is 2.04. The van der Waals surface area contributed by atoms with Gasteiger partial charge in [0.25, 0.3) is 5.91 Å². The topological polar surface area (TPSA) is 59.6 Å². The number of nitrogens with one attached hydrogen (secondary N) is 2. The summed E-state index contributed by atoms with van der Waals surface area (Å²) in [4.78, 5) is 12.7. The molecule has 0 atom stereocenters. The van der Waals surface area contributed by atoms with Crippen molar-refractivity contribution in [1.29, 1.82) is 0 Å². The number of rotatable bonds is 7. The largest absolute Gasteiger partial charge is 0.496 e. The lowest BCUT2D eigenvalue weighted by Gasteiger charge is -2.20. The molecular weight excluding hydrogens is 328 g/mol. The maximum absolute atomic E-state index is 12.7. The van der Waals surface area contributed by atoms with Crippen molar-refractivity contribution in [3.05, 3.63) is 53.6 Å². The van der Waals surface area contributed by atoms with Gasteiger partial charge >= 0.3 is 0 Å². The van der Waals surface area contributed by atoms with Crippen molar-refractivity contribution in [3.8, 4) is 11.5 Å². The minimum atomic E-state index is -0.263. The van der Waals surface area contributed by atoms with Gasteiger partial charge < -0.3 is 20.1 Å². The summed E-state index contributed by atoms with van der Waals surface area (Å²) in [5.41, 5.74) is 2.45. The molecule has 0 saturated carbocycles. The molecule has 5 heteroatoms. The third-order valence-electron chi connectivity index (χ3n) is 3.94. The maximum atomic E-state index is 12.7. The van der Waals surface area contributed by atoms with Crippen molar-refractivity contribution in [1.82, 2.24) is 5.32 Å². The number of ether oxygens (including phenoxy) is 2. The first-order valence-electron chi connectivity index (χ1n) is 8.70. The quantitative estimate of drug-likeness (QED) is 0.790. The summed E-state index contributed by atoms with van der Waals surface area (Å²) in [5.74, 6) is 0.694. The standard InChI is InChI=1S/C21H28N2O3/c1-21(2,3)22-14-13-15-9-11-16(12-10-15)23-20(24)19-17(25-4)7-6-8-18(19)26-5/h6-12,22H,13-14H2,1-5H3,(H,23,24). The summed E-state index contributed by atoms with van der Waals surface area (Å²) in [6.07, 6.45) is 0.936. The van der Waals surface area contributed by atoms with Crippen molar-refractivity contribution in [2.24, 2.45) is 0 Å². The van der Waals surface area contributed by atoms with Gasteiger partial charge in [-0.1, -0.05) is 18.2 Å². The van der Waals surface area contributed by atoms with E-state index in [-0.39, 0.29) is 11.4 Å². The molecular formula is C21H28N2O3. The smallest absolute Gasteiger partial charge is 0.263 e. The van der Waals surface area contributed by atoms with Gasteiger partial charge in [-0.25, -0.2) is 0 Å². The minimum Gasteiger partial charge on any atom is -0.496 e. The Bertz CT molecular complexity index is 712. The summed E-state index contributed by atoms with van der Waals surface area (Å²) in [7, 11) is 3.07. The highest BCUT2D eigenvalue weighted by Gasteiger charge is 2.18. The summed E-state index contributed by atoms with van der Waals surface area (Å²) in [6, 6.07) is 13.1. The van der Waals surface area contributed by atoms with E-state index in [4.69, 9.17) is 9.47 Å². The fraction of sp³-hybridized carbons (Fsp3) is 0.381. The molecule has 0 aliphatic rings. The van der Waals surface area contributed by atoms with Crippen LogP contribution in [0.2, 0.25) is 0 Å². The molecule has 26 heavy (non-hydrogen) atoms. The predicted molar refractivity (Wildman–Crippen MR) is 105 cm³/mol. The first kappa shape index (κ1) is 19.8. The van der Waals surface area contributed by atoms with Gasteiger partial charge in [0.1, 0.15) is 17.1 Å². The lowest BCUT2D eigenvalue weighted by atomic mass is 10.1. The van der Waals surface area contributed by atoms with Crippen molar-refractivity contribution in [3.63, 3.8) is 0 Å². The average molecular weight is 356 g/mol. The second-order valence-corrected chi connectivity index (χ2v) is 7.12. The van der Waals surface area contributed by atoms with Gasteiger partial charge in [0, 0.05) is 11.2 Å². The molecule has 0 aromatic heterocycles. The van der Waals surface area contributed by atoms with Crippen molar-refractivity contribution < 1.29 is 14.3 Å². The normalized spacial score (nSPS) is 11.1. The highest BCUT2D eigenvalue weighted by molar-refractivity contribution is 6.08. The Morgan fingerprint density at radius 1 is 0.962 bits per heavy atom. The lowest BCUT2D eigenvalue weighted by molar-refractivity contribution is 0.102. The van der Waals surface area contributed by atoms with Crippen LogP contribution in [0.3, 0.4) is 0 Å². The molecule has 2 rings (SSSR count). The first-order valence-corrected chi connectivity index (χ1v) is 8.70. The Labute approximate surface area is 155 Å². The van der Waals surface area contributed by atoms with E-state index in [9.17, 15) is 4.79 Å². The summed E-state index contributed by atoms with van der Waals surface area (Å²) in [5, 5.41) is 6.37. The van der Waals surface area contributed by atoms with E-state index >= 15 is 0 Å². The molecule has 140 valence electrons. The molecule has 5 nitrogen and oxygen atoms in total. The highest BCUT2D eigenvalue weighted by Crippen LogP contribution is 2.29. The third kappa shape index (κ3) is 5.49. The van der Waals surface area contributed by atoms with Crippen LogP contribution in [-0.4, -0.2) is 32.2 Å². The van der Waals surface area contributed by atoms with Crippen LogP contribution in [-0.2, 0) is 6.42 Å². The number of methoxy groups -OCH3 is 2. The maximum Gasteiger partial charge on any atom is 0.263 e. The van der Waals surface area contributed by atoms with Crippen LogP contribution in [0.5, 0.6) is 11.5 Å². The molecule has 0 heterocycles. The average Bonchev–Trinajstić information content (AvgIpc) is 2.61. The van der Waals surface area contributed by atoms with E-state index in [1.54, 1.807) is 18.2 Å². The molecule has 0 aliphatic heterocycles. The molecule has 0 radical (unpaired) electrons. The highest BCUT2D eigenvalue weighted by atomic mass is 16.5. The van der Waals surface area contributed by atoms with Crippen LogP contribution in [0.25, 0.3) is 0 Å². The van der Waals surface area contributed by atoms with E-state index in [2.05, 4.69) is 31.4 Å². The van der Waals surface area contributed by atoms with Gasteiger partial charge in [0.05, 0.1) is 14.2 Å². The fourth-order valence-electron chi connectivity index (χ4n) is 2.61. The number of carbonyl (C=O) groups is 1. The molecule has 2 N–H and O–H groups in total. The SMILES string of the molecule is COc1cccc(OC)c1C(=O)Nc1ccc(CCNC(C)(C)C)cc1.